The number of aromatic hydroxyl groups is 1. The summed E-state index contributed by atoms with van der Waals surface area (Å²) in [6.45, 7) is 1.90. The maximum Gasteiger partial charge on any atom is 0.155 e. The molecular formula is C10H12N2O2. The molecule has 74 valence electrons. The zero-order valence-corrected chi connectivity index (χ0v) is 7.90. The normalized spacial score (nSPS) is 13.3. The number of phenolic OH excluding ortho intramolecular Hbond substituents is 1. The van der Waals surface area contributed by atoms with Gasteiger partial charge in [0.05, 0.1) is 0 Å². The van der Waals surface area contributed by atoms with Gasteiger partial charge in [-0.2, -0.15) is 0 Å². The van der Waals surface area contributed by atoms with E-state index in [9.17, 15) is 5.11 Å². The first-order valence-corrected chi connectivity index (χ1v) is 4.50. The van der Waals surface area contributed by atoms with Crippen molar-refractivity contribution in [1.29, 1.82) is 0 Å². The largest absolute Gasteiger partial charge is 0.506 e. The average molecular weight is 192 g/mol. The number of hydrogen-bond acceptors (Lipinski definition) is 4. The fourth-order valence-electron chi connectivity index (χ4n) is 1.44. The maximum absolute atomic E-state index is 9.46. The van der Waals surface area contributed by atoms with E-state index in [0.29, 0.717) is 11.9 Å². The Morgan fingerprint density at radius 3 is 3.07 bits per heavy atom. The van der Waals surface area contributed by atoms with Crippen molar-refractivity contribution >= 4 is 10.9 Å². The van der Waals surface area contributed by atoms with Gasteiger partial charge in [-0.15, -0.1) is 0 Å². The van der Waals surface area contributed by atoms with Crippen LogP contribution in [0.25, 0.3) is 10.9 Å². The second kappa shape index (κ2) is 3.31. The standard InChI is InChI=1S/C10H12N2O2/c1-6(11)5-9-7-3-2-4-8(13)10(7)12-14-9/h2-4,6,13H,5,11H2,1H3. The monoisotopic (exact) mass is 192 g/mol. The zero-order chi connectivity index (χ0) is 10.1. The fourth-order valence-corrected chi connectivity index (χ4v) is 1.44. The van der Waals surface area contributed by atoms with Gasteiger partial charge >= 0.3 is 0 Å². The van der Waals surface area contributed by atoms with Crippen molar-refractivity contribution in [3.8, 4) is 5.75 Å². The van der Waals surface area contributed by atoms with E-state index in [4.69, 9.17) is 10.3 Å². The molecule has 1 heterocycles. The summed E-state index contributed by atoms with van der Waals surface area (Å²) < 4.78 is 5.12. The maximum atomic E-state index is 9.46. The highest BCUT2D eigenvalue weighted by Gasteiger charge is 2.11. The van der Waals surface area contributed by atoms with Crippen LogP contribution in [0.15, 0.2) is 22.7 Å². The predicted octanol–water partition coefficient (Wildman–Crippen LogP) is 1.42. The quantitative estimate of drug-likeness (QED) is 0.754. The summed E-state index contributed by atoms with van der Waals surface area (Å²) in [6, 6.07) is 5.23. The molecule has 0 saturated heterocycles. The topological polar surface area (TPSA) is 72.3 Å². The third kappa shape index (κ3) is 1.44. The summed E-state index contributed by atoms with van der Waals surface area (Å²) in [7, 11) is 0. The van der Waals surface area contributed by atoms with Gasteiger partial charge in [0.1, 0.15) is 11.5 Å². The predicted molar refractivity (Wildman–Crippen MR) is 53.0 cm³/mol. The van der Waals surface area contributed by atoms with Crippen LogP contribution in [0.1, 0.15) is 12.7 Å². The van der Waals surface area contributed by atoms with E-state index < -0.39 is 0 Å². The highest BCUT2D eigenvalue weighted by molar-refractivity contribution is 5.85. The van der Waals surface area contributed by atoms with Crippen LogP contribution >= 0.6 is 0 Å². The van der Waals surface area contributed by atoms with Crippen LogP contribution in [0, 0.1) is 0 Å². The van der Waals surface area contributed by atoms with Crippen molar-refractivity contribution in [1.82, 2.24) is 5.16 Å². The number of rotatable bonds is 2. The SMILES string of the molecule is CC(N)Cc1onc2c(O)cccc12. The molecule has 2 aromatic rings. The van der Waals surface area contributed by atoms with Gasteiger partial charge in [0, 0.05) is 17.8 Å². The Hall–Kier alpha value is -1.55. The lowest BCUT2D eigenvalue weighted by atomic mass is 10.1. The Bertz CT molecular complexity index is 448. The minimum Gasteiger partial charge on any atom is -0.506 e. The van der Waals surface area contributed by atoms with Gasteiger partial charge in [-0.05, 0) is 19.1 Å². The Morgan fingerprint density at radius 2 is 2.36 bits per heavy atom. The smallest absolute Gasteiger partial charge is 0.155 e. The number of fused-ring (bicyclic) bond motifs is 1. The molecule has 3 N–H and O–H groups in total. The molecule has 4 nitrogen and oxygen atoms in total. The van der Waals surface area contributed by atoms with Crippen molar-refractivity contribution in [3.63, 3.8) is 0 Å². The van der Waals surface area contributed by atoms with E-state index in [1.54, 1.807) is 12.1 Å². The van der Waals surface area contributed by atoms with Crippen molar-refractivity contribution in [2.75, 3.05) is 0 Å². The molecule has 0 aliphatic rings. The molecule has 0 aliphatic carbocycles. The van der Waals surface area contributed by atoms with E-state index in [2.05, 4.69) is 5.16 Å². The lowest BCUT2D eigenvalue weighted by Crippen LogP contribution is -2.17. The van der Waals surface area contributed by atoms with Crippen molar-refractivity contribution in [2.24, 2.45) is 5.73 Å². The molecule has 0 saturated carbocycles. The molecule has 1 aromatic heterocycles. The molecule has 1 unspecified atom stereocenters. The summed E-state index contributed by atoms with van der Waals surface area (Å²) in [5, 5.41) is 14.1. The number of hydrogen-bond donors (Lipinski definition) is 2. The molecule has 2 rings (SSSR count). The molecule has 0 aliphatic heterocycles. The van der Waals surface area contributed by atoms with Crippen LogP contribution < -0.4 is 5.73 Å². The van der Waals surface area contributed by atoms with E-state index in [1.165, 1.54) is 0 Å². The summed E-state index contributed by atoms with van der Waals surface area (Å²) in [6.07, 6.45) is 0.625. The third-order valence-electron chi connectivity index (χ3n) is 2.07. The summed E-state index contributed by atoms with van der Waals surface area (Å²) in [4.78, 5) is 0. The average Bonchev–Trinajstić information content (AvgIpc) is 2.49. The van der Waals surface area contributed by atoms with E-state index in [0.717, 1.165) is 11.1 Å². The van der Waals surface area contributed by atoms with Crippen LogP contribution in [-0.2, 0) is 6.42 Å². The van der Waals surface area contributed by atoms with Crippen molar-refractivity contribution in [2.45, 2.75) is 19.4 Å². The van der Waals surface area contributed by atoms with Gasteiger partial charge in [0.15, 0.2) is 5.52 Å². The summed E-state index contributed by atoms with van der Waals surface area (Å²) in [5.74, 6) is 0.869. The highest BCUT2D eigenvalue weighted by Crippen LogP contribution is 2.26. The summed E-state index contributed by atoms with van der Waals surface area (Å²) in [5.41, 5.74) is 6.17. The molecule has 1 atom stereocenters. The van der Waals surface area contributed by atoms with E-state index in [-0.39, 0.29) is 11.8 Å². The number of phenols is 1. The third-order valence-corrected chi connectivity index (χ3v) is 2.07. The summed E-state index contributed by atoms with van der Waals surface area (Å²) >= 11 is 0. The molecule has 0 radical (unpaired) electrons. The van der Waals surface area contributed by atoms with Gasteiger partial charge in [-0.3, -0.25) is 0 Å². The Labute approximate surface area is 81.3 Å². The number of nitrogens with zero attached hydrogens (tertiary/aromatic N) is 1. The fraction of sp³-hybridized carbons (Fsp3) is 0.300. The van der Waals surface area contributed by atoms with Crippen LogP contribution in [0.4, 0.5) is 0 Å². The van der Waals surface area contributed by atoms with Crippen LogP contribution in [0.2, 0.25) is 0 Å². The number of benzene rings is 1. The number of aromatic nitrogens is 1. The van der Waals surface area contributed by atoms with Crippen molar-refractivity contribution in [3.05, 3.63) is 24.0 Å². The first-order valence-electron chi connectivity index (χ1n) is 4.50. The molecule has 1 aromatic carbocycles. The van der Waals surface area contributed by atoms with Crippen LogP contribution in [0.3, 0.4) is 0 Å². The molecule has 0 fully saturated rings. The van der Waals surface area contributed by atoms with Crippen LogP contribution in [0.5, 0.6) is 5.75 Å². The molecule has 4 heteroatoms. The van der Waals surface area contributed by atoms with Gasteiger partial charge in [0.2, 0.25) is 0 Å². The first kappa shape index (κ1) is 9.02. The van der Waals surface area contributed by atoms with Gasteiger partial charge < -0.3 is 15.4 Å². The lowest BCUT2D eigenvalue weighted by Gasteiger charge is -1.99. The molecule has 0 amide bonds. The Morgan fingerprint density at radius 1 is 1.57 bits per heavy atom. The Balaban J connectivity index is 2.52. The zero-order valence-electron chi connectivity index (χ0n) is 7.90. The first-order chi connectivity index (χ1) is 6.68. The van der Waals surface area contributed by atoms with Gasteiger partial charge in [-0.25, -0.2) is 0 Å². The minimum absolute atomic E-state index is 0.0218. The molecular weight excluding hydrogens is 180 g/mol. The van der Waals surface area contributed by atoms with Gasteiger partial charge in [-0.1, -0.05) is 11.2 Å². The molecule has 0 spiro atoms. The molecule has 14 heavy (non-hydrogen) atoms. The lowest BCUT2D eigenvalue weighted by molar-refractivity contribution is 0.381. The second-order valence-corrected chi connectivity index (χ2v) is 3.46. The molecule has 0 bridgehead atoms. The number of nitrogens with two attached hydrogens (primary N) is 1. The van der Waals surface area contributed by atoms with Crippen molar-refractivity contribution < 1.29 is 9.63 Å². The van der Waals surface area contributed by atoms with Crippen LogP contribution in [-0.4, -0.2) is 16.3 Å². The van der Waals surface area contributed by atoms with E-state index in [1.807, 2.05) is 13.0 Å². The second-order valence-electron chi connectivity index (χ2n) is 3.46. The van der Waals surface area contributed by atoms with Gasteiger partial charge in [0.25, 0.3) is 0 Å². The Kier molecular flexibility index (Phi) is 2.13. The minimum atomic E-state index is 0.0218. The highest BCUT2D eigenvalue weighted by atomic mass is 16.5. The van der Waals surface area contributed by atoms with E-state index >= 15 is 0 Å².